The first-order chi connectivity index (χ1) is 10.4. The predicted molar refractivity (Wildman–Crippen MR) is 96.6 cm³/mol. The van der Waals surface area contributed by atoms with Crippen LogP contribution in [0.1, 0.15) is 33.9 Å². The molecule has 1 heterocycles. The fourth-order valence-electron chi connectivity index (χ4n) is 1.79. The smallest absolute Gasteiger partial charge is 0.265 e. The number of halogens is 1. The lowest BCUT2D eigenvalue weighted by Crippen LogP contribution is -2.45. The second-order valence-corrected chi connectivity index (χ2v) is 6.60. The lowest BCUT2D eigenvalue weighted by Gasteiger charge is -2.19. The van der Waals surface area contributed by atoms with E-state index < -0.39 is 5.54 Å². The summed E-state index contributed by atoms with van der Waals surface area (Å²) >= 11 is 1.35. The quantitative estimate of drug-likeness (QED) is 0.772. The summed E-state index contributed by atoms with van der Waals surface area (Å²) in [5.74, 6) is -0.491. The third kappa shape index (κ3) is 5.67. The van der Waals surface area contributed by atoms with Gasteiger partial charge >= 0.3 is 0 Å². The van der Waals surface area contributed by atoms with Crippen molar-refractivity contribution in [1.82, 2.24) is 5.32 Å². The number of hydrogen-bond acceptors (Lipinski definition) is 4. The van der Waals surface area contributed by atoms with Gasteiger partial charge in [-0.2, -0.15) is 0 Å². The van der Waals surface area contributed by atoms with E-state index in [9.17, 15) is 9.59 Å². The highest BCUT2D eigenvalue weighted by atomic mass is 35.5. The third-order valence-electron chi connectivity index (χ3n) is 2.87. The van der Waals surface area contributed by atoms with E-state index >= 15 is 0 Å². The predicted octanol–water partition coefficient (Wildman–Crippen LogP) is 2.89. The van der Waals surface area contributed by atoms with Crippen molar-refractivity contribution in [3.8, 4) is 0 Å². The van der Waals surface area contributed by atoms with E-state index in [0.717, 1.165) is 0 Å². The molecule has 0 radical (unpaired) electrons. The molecule has 0 aliphatic rings. The Bertz CT molecular complexity index is 666. The minimum Gasteiger partial charge on any atom is -0.350 e. The second kappa shape index (κ2) is 8.10. The summed E-state index contributed by atoms with van der Waals surface area (Å²) < 4.78 is 0. The standard InChI is InChI=1S/C16H19N3O2S.ClH/c1-16(2,17)10-18-14(20)11-6-3-4-7-12(11)19-15(21)13-8-5-9-22-13;/h3-9H,10,17H2,1-2H3,(H,18,20)(H,19,21);1H. The highest BCUT2D eigenvalue weighted by Crippen LogP contribution is 2.18. The molecule has 0 atom stereocenters. The maximum absolute atomic E-state index is 12.3. The number of benzene rings is 1. The van der Waals surface area contributed by atoms with Gasteiger partial charge in [-0.05, 0) is 37.4 Å². The van der Waals surface area contributed by atoms with E-state index in [2.05, 4.69) is 10.6 Å². The Morgan fingerprint density at radius 2 is 1.83 bits per heavy atom. The maximum atomic E-state index is 12.3. The fraction of sp³-hybridized carbons (Fsp3) is 0.250. The Balaban J connectivity index is 0.00000264. The van der Waals surface area contributed by atoms with Gasteiger partial charge in [-0.25, -0.2) is 0 Å². The van der Waals surface area contributed by atoms with Crippen molar-refractivity contribution in [1.29, 1.82) is 0 Å². The van der Waals surface area contributed by atoms with Crippen molar-refractivity contribution in [2.24, 2.45) is 5.73 Å². The first-order valence-corrected chi connectivity index (χ1v) is 7.76. The summed E-state index contributed by atoms with van der Waals surface area (Å²) in [5.41, 5.74) is 6.26. The maximum Gasteiger partial charge on any atom is 0.265 e. The Morgan fingerprint density at radius 3 is 2.43 bits per heavy atom. The van der Waals surface area contributed by atoms with Crippen molar-refractivity contribution in [2.45, 2.75) is 19.4 Å². The molecule has 5 nitrogen and oxygen atoms in total. The number of nitrogens with one attached hydrogen (secondary N) is 2. The zero-order chi connectivity index (χ0) is 16.2. The van der Waals surface area contributed by atoms with Crippen LogP contribution in [0.4, 0.5) is 5.69 Å². The number of para-hydroxylation sites is 1. The van der Waals surface area contributed by atoms with E-state index in [1.165, 1.54) is 11.3 Å². The van der Waals surface area contributed by atoms with Crippen LogP contribution in [-0.4, -0.2) is 23.9 Å². The summed E-state index contributed by atoms with van der Waals surface area (Å²) in [6, 6.07) is 10.4. The number of nitrogens with two attached hydrogens (primary N) is 1. The molecule has 0 unspecified atom stereocenters. The molecule has 0 spiro atoms. The Kier molecular flexibility index (Phi) is 6.75. The summed E-state index contributed by atoms with van der Waals surface area (Å²) in [4.78, 5) is 25.0. The van der Waals surface area contributed by atoms with Crippen LogP contribution in [0.3, 0.4) is 0 Å². The minimum absolute atomic E-state index is 0. The number of carbonyl (C=O) groups excluding carboxylic acids is 2. The van der Waals surface area contributed by atoms with Crippen LogP contribution in [0.25, 0.3) is 0 Å². The van der Waals surface area contributed by atoms with Gasteiger partial charge in [0.15, 0.2) is 0 Å². The average Bonchev–Trinajstić information content (AvgIpc) is 2.99. The molecule has 0 bridgehead atoms. The minimum atomic E-state index is -0.495. The number of amides is 2. The van der Waals surface area contributed by atoms with Gasteiger partial charge in [0.2, 0.25) is 0 Å². The zero-order valence-electron chi connectivity index (χ0n) is 13.0. The number of rotatable bonds is 5. The van der Waals surface area contributed by atoms with E-state index in [4.69, 9.17) is 5.73 Å². The van der Waals surface area contributed by atoms with E-state index in [0.29, 0.717) is 22.7 Å². The fourth-order valence-corrected chi connectivity index (χ4v) is 2.40. The molecule has 2 amide bonds. The average molecular weight is 354 g/mol. The molecule has 23 heavy (non-hydrogen) atoms. The van der Waals surface area contributed by atoms with Gasteiger partial charge in [0.25, 0.3) is 11.8 Å². The molecule has 0 aliphatic heterocycles. The van der Waals surface area contributed by atoms with Crippen LogP contribution < -0.4 is 16.4 Å². The highest BCUT2D eigenvalue weighted by molar-refractivity contribution is 7.12. The molecule has 0 aliphatic carbocycles. The lowest BCUT2D eigenvalue weighted by molar-refractivity contribution is 0.0947. The second-order valence-electron chi connectivity index (χ2n) is 5.65. The molecule has 2 aromatic rings. The van der Waals surface area contributed by atoms with Crippen LogP contribution in [0.2, 0.25) is 0 Å². The number of anilines is 1. The summed E-state index contributed by atoms with van der Waals surface area (Å²) in [5, 5.41) is 7.38. The Hall–Kier alpha value is -1.89. The highest BCUT2D eigenvalue weighted by Gasteiger charge is 2.17. The van der Waals surface area contributed by atoms with Crippen LogP contribution in [0, 0.1) is 0 Å². The van der Waals surface area contributed by atoms with Crippen molar-refractivity contribution in [3.05, 3.63) is 52.2 Å². The molecule has 1 aromatic carbocycles. The largest absolute Gasteiger partial charge is 0.350 e. The van der Waals surface area contributed by atoms with Gasteiger partial charge < -0.3 is 16.4 Å². The van der Waals surface area contributed by atoms with E-state index in [1.54, 1.807) is 30.3 Å². The summed E-state index contributed by atoms with van der Waals surface area (Å²) in [6.07, 6.45) is 0. The van der Waals surface area contributed by atoms with Gasteiger partial charge in [-0.3, -0.25) is 9.59 Å². The van der Waals surface area contributed by atoms with Gasteiger partial charge in [0.1, 0.15) is 0 Å². The van der Waals surface area contributed by atoms with Crippen LogP contribution in [-0.2, 0) is 0 Å². The molecule has 7 heteroatoms. The molecule has 0 saturated heterocycles. The molecule has 0 fully saturated rings. The van der Waals surface area contributed by atoms with E-state index in [-0.39, 0.29) is 24.2 Å². The summed E-state index contributed by atoms with van der Waals surface area (Å²) in [6.45, 7) is 4.01. The van der Waals surface area contributed by atoms with Crippen molar-refractivity contribution < 1.29 is 9.59 Å². The van der Waals surface area contributed by atoms with Gasteiger partial charge in [0.05, 0.1) is 16.1 Å². The number of thiophene rings is 1. The molecule has 2 rings (SSSR count). The van der Waals surface area contributed by atoms with Crippen molar-refractivity contribution >= 4 is 41.2 Å². The van der Waals surface area contributed by atoms with Gasteiger partial charge in [-0.1, -0.05) is 18.2 Å². The first-order valence-electron chi connectivity index (χ1n) is 6.88. The van der Waals surface area contributed by atoms with Crippen LogP contribution >= 0.6 is 23.7 Å². The number of hydrogen-bond donors (Lipinski definition) is 3. The Labute approximate surface area is 145 Å². The van der Waals surface area contributed by atoms with Gasteiger partial charge in [0, 0.05) is 12.1 Å². The molecular formula is C16H20ClN3O2S. The Morgan fingerprint density at radius 1 is 1.13 bits per heavy atom. The zero-order valence-corrected chi connectivity index (χ0v) is 14.6. The van der Waals surface area contributed by atoms with Crippen LogP contribution in [0.15, 0.2) is 41.8 Å². The number of carbonyl (C=O) groups is 2. The molecule has 0 saturated carbocycles. The molecular weight excluding hydrogens is 334 g/mol. The van der Waals surface area contributed by atoms with Crippen molar-refractivity contribution in [2.75, 3.05) is 11.9 Å². The van der Waals surface area contributed by atoms with E-state index in [1.807, 2.05) is 25.3 Å². The topological polar surface area (TPSA) is 84.2 Å². The summed E-state index contributed by atoms with van der Waals surface area (Å²) in [7, 11) is 0. The van der Waals surface area contributed by atoms with Gasteiger partial charge in [-0.15, -0.1) is 23.7 Å². The third-order valence-corrected chi connectivity index (χ3v) is 3.74. The SMILES string of the molecule is CC(C)(N)CNC(=O)c1ccccc1NC(=O)c1cccs1.Cl. The molecule has 124 valence electrons. The normalized spacial score (nSPS) is 10.6. The lowest BCUT2D eigenvalue weighted by atomic mass is 10.1. The van der Waals surface area contributed by atoms with Crippen molar-refractivity contribution in [3.63, 3.8) is 0 Å². The molecule has 4 N–H and O–H groups in total. The first kappa shape index (κ1) is 19.2. The monoisotopic (exact) mass is 353 g/mol. The van der Waals surface area contributed by atoms with Crippen LogP contribution in [0.5, 0.6) is 0 Å². The molecule has 1 aromatic heterocycles.